The van der Waals surface area contributed by atoms with Gasteiger partial charge in [-0.1, -0.05) is 0 Å². The number of amides is 1. The molecule has 0 fully saturated rings. The van der Waals surface area contributed by atoms with Crippen LogP contribution in [0, 0.1) is 0 Å². The van der Waals surface area contributed by atoms with E-state index in [4.69, 9.17) is 5.11 Å². The summed E-state index contributed by atoms with van der Waals surface area (Å²) in [6, 6.07) is -1.44. The molecule has 2 atom stereocenters. The molecule has 1 amide bonds. The normalized spacial score (nSPS) is 15.5. The second kappa shape index (κ2) is 6.33. The minimum absolute atomic E-state index is 0.323. The van der Waals surface area contributed by atoms with Gasteiger partial charge in [-0.3, -0.25) is 4.79 Å². The standard InChI is InChI=1S/C9H17NO7S2/c1-6(19(3,16)17)8(11)10-7(9(12)13)4-5-18(2,14)15/h6-7H,4-5H2,1-3H3,(H,10,11)(H,12,13). The Bertz CT molecular complexity index is 549. The molecule has 0 saturated carbocycles. The van der Waals surface area contributed by atoms with Gasteiger partial charge >= 0.3 is 5.97 Å². The van der Waals surface area contributed by atoms with Gasteiger partial charge < -0.3 is 10.4 Å². The van der Waals surface area contributed by atoms with E-state index >= 15 is 0 Å². The lowest BCUT2D eigenvalue weighted by Crippen LogP contribution is -2.47. The van der Waals surface area contributed by atoms with E-state index in [1.165, 1.54) is 0 Å². The van der Waals surface area contributed by atoms with Gasteiger partial charge in [0, 0.05) is 12.5 Å². The fourth-order valence-electron chi connectivity index (χ4n) is 1.07. The van der Waals surface area contributed by atoms with Gasteiger partial charge in [-0.05, 0) is 13.3 Å². The molecule has 19 heavy (non-hydrogen) atoms. The Hall–Kier alpha value is -1.16. The van der Waals surface area contributed by atoms with Crippen LogP contribution in [0.15, 0.2) is 0 Å². The molecule has 0 radical (unpaired) electrons. The van der Waals surface area contributed by atoms with Crippen molar-refractivity contribution in [3.63, 3.8) is 0 Å². The third-order valence-electron chi connectivity index (χ3n) is 2.40. The van der Waals surface area contributed by atoms with Gasteiger partial charge in [0.25, 0.3) is 0 Å². The summed E-state index contributed by atoms with van der Waals surface area (Å²) in [7, 11) is -7.01. The fourth-order valence-corrected chi connectivity index (χ4v) is 2.19. The second-order valence-electron chi connectivity index (χ2n) is 4.29. The third kappa shape index (κ3) is 7.11. The van der Waals surface area contributed by atoms with Crippen molar-refractivity contribution < 1.29 is 31.5 Å². The highest BCUT2D eigenvalue weighted by Crippen LogP contribution is 2.02. The maximum absolute atomic E-state index is 11.5. The Morgan fingerprint density at radius 1 is 1.16 bits per heavy atom. The van der Waals surface area contributed by atoms with Crippen molar-refractivity contribution in [2.75, 3.05) is 18.3 Å². The molecule has 0 aliphatic heterocycles. The highest BCUT2D eigenvalue weighted by atomic mass is 32.2. The lowest BCUT2D eigenvalue weighted by atomic mass is 10.2. The van der Waals surface area contributed by atoms with Crippen LogP contribution in [-0.2, 0) is 29.3 Å². The van der Waals surface area contributed by atoms with E-state index in [2.05, 4.69) is 0 Å². The topological polar surface area (TPSA) is 135 Å². The molecular formula is C9H17NO7S2. The van der Waals surface area contributed by atoms with Crippen molar-refractivity contribution in [2.45, 2.75) is 24.6 Å². The van der Waals surface area contributed by atoms with E-state index in [0.717, 1.165) is 19.4 Å². The summed E-state index contributed by atoms with van der Waals surface area (Å²) in [5.41, 5.74) is 0. The lowest BCUT2D eigenvalue weighted by molar-refractivity contribution is -0.141. The van der Waals surface area contributed by atoms with Gasteiger partial charge in [0.1, 0.15) is 21.1 Å². The number of carbonyl (C=O) groups excluding carboxylic acids is 1. The van der Waals surface area contributed by atoms with Crippen molar-refractivity contribution in [1.82, 2.24) is 5.32 Å². The van der Waals surface area contributed by atoms with Crippen LogP contribution in [0.5, 0.6) is 0 Å². The van der Waals surface area contributed by atoms with Crippen LogP contribution in [0.3, 0.4) is 0 Å². The monoisotopic (exact) mass is 315 g/mol. The molecule has 10 heteroatoms. The molecule has 0 rings (SSSR count). The van der Waals surface area contributed by atoms with Crippen molar-refractivity contribution in [3.05, 3.63) is 0 Å². The van der Waals surface area contributed by atoms with E-state index in [9.17, 15) is 26.4 Å². The Morgan fingerprint density at radius 2 is 1.63 bits per heavy atom. The molecule has 0 saturated heterocycles. The Labute approximate surface area is 112 Å². The number of hydrogen-bond acceptors (Lipinski definition) is 6. The number of nitrogens with one attached hydrogen (secondary N) is 1. The average molecular weight is 315 g/mol. The van der Waals surface area contributed by atoms with Crippen LogP contribution in [-0.4, -0.2) is 63.4 Å². The zero-order valence-electron chi connectivity index (χ0n) is 10.8. The predicted octanol–water partition coefficient (Wildman–Crippen LogP) is -1.58. The summed E-state index contributed by atoms with van der Waals surface area (Å²) in [5, 5.41) is 9.46. The number of carbonyl (C=O) groups is 2. The van der Waals surface area contributed by atoms with Gasteiger partial charge in [0.05, 0.1) is 5.75 Å². The fraction of sp³-hybridized carbons (Fsp3) is 0.778. The van der Waals surface area contributed by atoms with Crippen LogP contribution >= 0.6 is 0 Å². The molecule has 0 aromatic carbocycles. The third-order valence-corrected chi connectivity index (χ3v) is 4.88. The number of carboxylic acid groups (broad SMARTS) is 1. The molecule has 0 aliphatic carbocycles. The van der Waals surface area contributed by atoms with Crippen LogP contribution in [0.4, 0.5) is 0 Å². The van der Waals surface area contributed by atoms with E-state index in [1.54, 1.807) is 0 Å². The first kappa shape index (κ1) is 17.8. The summed E-state index contributed by atoms with van der Waals surface area (Å²) in [6.07, 6.45) is 1.47. The number of carboxylic acids is 1. The molecule has 2 unspecified atom stereocenters. The Balaban J connectivity index is 4.78. The smallest absolute Gasteiger partial charge is 0.326 e. The van der Waals surface area contributed by atoms with Crippen LogP contribution in [0.1, 0.15) is 13.3 Å². The van der Waals surface area contributed by atoms with Gasteiger partial charge in [0.15, 0.2) is 9.84 Å². The van der Waals surface area contributed by atoms with Gasteiger partial charge in [-0.15, -0.1) is 0 Å². The summed E-state index contributed by atoms with van der Waals surface area (Å²) in [6.45, 7) is 1.13. The largest absolute Gasteiger partial charge is 0.480 e. The summed E-state index contributed by atoms with van der Waals surface area (Å²) in [4.78, 5) is 22.4. The van der Waals surface area contributed by atoms with E-state index < -0.39 is 48.6 Å². The summed E-state index contributed by atoms with van der Waals surface area (Å²) < 4.78 is 44.1. The summed E-state index contributed by atoms with van der Waals surface area (Å²) in [5.74, 6) is -2.81. The van der Waals surface area contributed by atoms with Crippen LogP contribution in [0.2, 0.25) is 0 Å². The number of hydrogen-bond donors (Lipinski definition) is 2. The molecule has 112 valence electrons. The molecule has 2 N–H and O–H groups in total. The van der Waals surface area contributed by atoms with Crippen LogP contribution < -0.4 is 5.32 Å². The Kier molecular flexibility index (Phi) is 5.94. The summed E-state index contributed by atoms with van der Waals surface area (Å²) >= 11 is 0. The van der Waals surface area contributed by atoms with Gasteiger partial charge in [0.2, 0.25) is 5.91 Å². The highest BCUT2D eigenvalue weighted by Gasteiger charge is 2.28. The molecule has 0 aromatic rings. The molecule has 0 spiro atoms. The van der Waals surface area contributed by atoms with Crippen molar-refractivity contribution >= 4 is 31.6 Å². The highest BCUT2D eigenvalue weighted by molar-refractivity contribution is 7.92. The van der Waals surface area contributed by atoms with Crippen molar-refractivity contribution in [2.24, 2.45) is 0 Å². The zero-order valence-corrected chi connectivity index (χ0v) is 12.4. The SMILES string of the molecule is CC(C(=O)NC(CCS(C)(=O)=O)C(=O)O)S(C)(=O)=O. The maximum atomic E-state index is 11.5. The number of rotatable bonds is 7. The minimum Gasteiger partial charge on any atom is -0.480 e. The van der Waals surface area contributed by atoms with Crippen molar-refractivity contribution in [3.8, 4) is 0 Å². The molecule has 0 aliphatic rings. The number of aliphatic carboxylic acids is 1. The van der Waals surface area contributed by atoms with Crippen LogP contribution in [0.25, 0.3) is 0 Å². The van der Waals surface area contributed by atoms with E-state index in [0.29, 0.717) is 0 Å². The first-order valence-electron chi connectivity index (χ1n) is 5.24. The molecule has 0 aromatic heterocycles. The molecule has 0 bridgehead atoms. The number of sulfone groups is 2. The molecular weight excluding hydrogens is 298 g/mol. The quantitative estimate of drug-likeness (QED) is 0.579. The molecule has 0 heterocycles. The Morgan fingerprint density at radius 3 is 1.95 bits per heavy atom. The van der Waals surface area contributed by atoms with Gasteiger partial charge in [-0.25, -0.2) is 21.6 Å². The zero-order chi connectivity index (χ0) is 15.4. The maximum Gasteiger partial charge on any atom is 0.326 e. The average Bonchev–Trinajstić information content (AvgIpc) is 2.19. The van der Waals surface area contributed by atoms with Crippen molar-refractivity contribution in [1.29, 1.82) is 0 Å². The first-order valence-corrected chi connectivity index (χ1v) is 9.26. The van der Waals surface area contributed by atoms with E-state index in [-0.39, 0.29) is 6.42 Å². The lowest BCUT2D eigenvalue weighted by Gasteiger charge is -2.16. The predicted molar refractivity (Wildman–Crippen MR) is 68.2 cm³/mol. The second-order valence-corrected chi connectivity index (χ2v) is 8.92. The first-order chi connectivity index (χ1) is 8.34. The molecule has 8 nitrogen and oxygen atoms in total. The van der Waals surface area contributed by atoms with E-state index in [1.807, 2.05) is 5.32 Å². The minimum atomic E-state index is -3.64. The van der Waals surface area contributed by atoms with Gasteiger partial charge in [-0.2, -0.15) is 0 Å².